The van der Waals surface area contributed by atoms with E-state index in [-0.39, 0.29) is 6.42 Å². The quantitative estimate of drug-likeness (QED) is 0.888. The molecule has 5 heteroatoms. The van der Waals surface area contributed by atoms with Gasteiger partial charge in [0.15, 0.2) is 6.10 Å². The van der Waals surface area contributed by atoms with Crippen LogP contribution in [0.2, 0.25) is 5.02 Å². The summed E-state index contributed by atoms with van der Waals surface area (Å²) in [6.45, 7) is 0. The van der Waals surface area contributed by atoms with Crippen molar-refractivity contribution in [2.75, 3.05) is 7.11 Å². The minimum atomic E-state index is -1.03. The van der Waals surface area contributed by atoms with Crippen LogP contribution in [0, 0.1) is 0 Å². The Morgan fingerprint density at radius 2 is 1.86 bits per heavy atom. The van der Waals surface area contributed by atoms with Gasteiger partial charge in [-0.15, -0.1) is 0 Å². The summed E-state index contributed by atoms with van der Waals surface area (Å²) in [5.74, 6) is 0.0704. The first-order valence-electron chi connectivity index (χ1n) is 6.37. The van der Waals surface area contributed by atoms with Crippen molar-refractivity contribution in [2.24, 2.45) is 0 Å². The highest BCUT2D eigenvalue weighted by atomic mass is 35.5. The number of carboxylic acid groups (broad SMARTS) is 1. The zero-order valence-electron chi connectivity index (χ0n) is 11.5. The number of aliphatic carboxylic acids is 1. The first-order valence-corrected chi connectivity index (χ1v) is 6.75. The molecule has 0 heterocycles. The van der Waals surface area contributed by atoms with Crippen LogP contribution in [0.3, 0.4) is 0 Å². The third kappa shape index (κ3) is 4.13. The van der Waals surface area contributed by atoms with Crippen LogP contribution in [0.5, 0.6) is 11.5 Å². The van der Waals surface area contributed by atoms with Gasteiger partial charge in [0.05, 0.1) is 7.11 Å². The lowest BCUT2D eigenvalue weighted by Gasteiger charge is -2.16. The van der Waals surface area contributed by atoms with Gasteiger partial charge >= 0.3 is 5.97 Å². The van der Waals surface area contributed by atoms with Crippen molar-refractivity contribution in [3.63, 3.8) is 0 Å². The molecule has 2 aromatic carbocycles. The Morgan fingerprint density at radius 1 is 1.19 bits per heavy atom. The van der Waals surface area contributed by atoms with Crippen LogP contribution in [0.15, 0.2) is 48.5 Å². The van der Waals surface area contributed by atoms with Gasteiger partial charge in [-0.2, -0.15) is 0 Å². The van der Waals surface area contributed by atoms with Gasteiger partial charge in [0.2, 0.25) is 0 Å². The van der Waals surface area contributed by atoms with E-state index >= 15 is 0 Å². The molecular formula is C16H15ClO4. The zero-order valence-corrected chi connectivity index (χ0v) is 12.2. The predicted molar refractivity (Wildman–Crippen MR) is 80.2 cm³/mol. The molecule has 0 radical (unpaired) electrons. The second-order valence-corrected chi connectivity index (χ2v) is 4.85. The van der Waals surface area contributed by atoms with E-state index in [0.717, 1.165) is 5.56 Å². The zero-order chi connectivity index (χ0) is 15.2. The molecule has 1 N–H and O–H groups in total. The molecule has 110 valence electrons. The second kappa shape index (κ2) is 6.99. The third-order valence-corrected chi connectivity index (χ3v) is 3.22. The van der Waals surface area contributed by atoms with Gasteiger partial charge in [-0.05, 0) is 35.9 Å². The maximum atomic E-state index is 11.4. The van der Waals surface area contributed by atoms with Crippen molar-refractivity contribution < 1.29 is 19.4 Å². The number of hydrogen-bond donors (Lipinski definition) is 1. The largest absolute Gasteiger partial charge is 0.496 e. The molecular weight excluding hydrogens is 292 g/mol. The molecule has 0 amide bonds. The number of benzene rings is 2. The number of halogens is 1. The van der Waals surface area contributed by atoms with Gasteiger partial charge in [-0.1, -0.05) is 29.8 Å². The highest BCUT2D eigenvalue weighted by Crippen LogP contribution is 2.22. The summed E-state index contributed by atoms with van der Waals surface area (Å²) in [4.78, 5) is 11.4. The minimum Gasteiger partial charge on any atom is -0.496 e. The van der Waals surface area contributed by atoms with E-state index in [2.05, 4.69) is 0 Å². The van der Waals surface area contributed by atoms with E-state index in [4.69, 9.17) is 21.1 Å². The van der Waals surface area contributed by atoms with Gasteiger partial charge in [-0.25, -0.2) is 4.79 Å². The summed E-state index contributed by atoms with van der Waals surface area (Å²) in [6.07, 6.45) is -0.787. The SMILES string of the molecule is COc1ccccc1C[C@H](Oc1ccc(Cl)cc1)C(=O)O. The molecule has 0 aromatic heterocycles. The second-order valence-electron chi connectivity index (χ2n) is 4.41. The summed E-state index contributed by atoms with van der Waals surface area (Å²) in [6, 6.07) is 13.9. The van der Waals surface area contributed by atoms with Gasteiger partial charge in [0.1, 0.15) is 11.5 Å². The fourth-order valence-corrected chi connectivity index (χ4v) is 2.05. The highest BCUT2D eigenvalue weighted by molar-refractivity contribution is 6.30. The maximum absolute atomic E-state index is 11.4. The summed E-state index contributed by atoms with van der Waals surface area (Å²) < 4.78 is 10.7. The van der Waals surface area contributed by atoms with Crippen molar-refractivity contribution in [3.8, 4) is 11.5 Å². The molecule has 0 bridgehead atoms. The Labute approximate surface area is 127 Å². The number of hydrogen-bond acceptors (Lipinski definition) is 3. The van der Waals surface area contributed by atoms with Crippen molar-refractivity contribution >= 4 is 17.6 Å². The maximum Gasteiger partial charge on any atom is 0.345 e. The lowest BCUT2D eigenvalue weighted by atomic mass is 10.1. The molecule has 0 fully saturated rings. The number of carboxylic acids is 1. The Bertz CT molecular complexity index is 610. The highest BCUT2D eigenvalue weighted by Gasteiger charge is 2.21. The van der Waals surface area contributed by atoms with Crippen LogP contribution in [-0.2, 0) is 11.2 Å². The Kier molecular flexibility index (Phi) is 5.06. The number of carbonyl (C=O) groups is 1. The first-order chi connectivity index (χ1) is 10.1. The van der Waals surface area contributed by atoms with Crippen LogP contribution in [0.4, 0.5) is 0 Å². The number of methoxy groups -OCH3 is 1. The van der Waals surface area contributed by atoms with Crippen molar-refractivity contribution in [2.45, 2.75) is 12.5 Å². The molecule has 0 aliphatic rings. The van der Waals surface area contributed by atoms with Crippen LogP contribution in [0.1, 0.15) is 5.56 Å². The van der Waals surface area contributed by atoms with E-state index in [0.29, 0.717) is 16.5 Å². The Balaban J connectivity index is 2.16. The topological polar surface area (TPSA) is 55.8 Å². The summed E-state index contributed by atoms with van der Waals surface area (Å²) in [7, 11) is 1.55. The number of para-hydroxylation sites is 1. The van der Waals surface area contributed by atoms with Crippen LogP contribution < -0.4 is 9.47 Å². The summed E-state index contributed by atoms with van der Waals surface area (Å²) >= 11 is 5.79. The van der Waals surface area contributed by atoms with Crippen LogP contribution in [-0.4, -0.2) is 24.3 Å². The van der Waals surface area contributed by atoms with Gasteiger partial charge in [0, 0.05) is 11.4 Å². The Hall–Kier alpha value is -2.20. The lowest BCUT2D eigenvalue weighted by Crippen LogP contribution is -2.29. The molecule has 0 saturated heterocycles. The lowest BCUT2D eigenvalue weighted by molar-refractivity contribution is -0.145. The summed E-state index contributed by atoms with van der Waals surface area (Å²) in [5, 5.41) is 9.89. The normalized spacial score (nSPS) is 11.7. The molecule has 0 aliphatic heterocycles. The monoisotopic (exact) mass is 306 g/mol. The van der Waals surface area contributed by atoms with E-state index in [9.17, 15) is 9.90 Å². The molecule has 0 aliphatic carbocycles. The fraction of sp³-hybridized carbons (Fsp3) is 0.188. The van der Waals surface area contributed by atoms with Crippen LogP contribution >= 0.6 is 11.6 Å². The molecule has 2 rings (SSSR count). The minimum absolute atomic E-state index is 0.210. The first kappa shape index (κ1) is 15.2. The average molecular weight is 307 g/mol. The van der Waals surface area contributed by atoms with Crippen molar-refractivity contribution in [3.05, 3.63) is 59.1 Å². The molecule has 21 heavy (non-hydrogen) atoms. The van der Waals surface area contributed by atoms with Gasteiger partial charge in [0.25, 0.3) is 0 Å². The van der Waals surface area contributed by atoms with E-state index in [1.165, 1.54) is 0 Å². The Morgan fingerprint density at radius 3 is 2.48 bits per heavy atom. The smallest absolute Gasteiger partial charge is 0.345 e. The van der Waals surface area contributed by atoms with E-state index < -0.39 is 12.1 Å². The standard InChI is InChI=1S/C16H15ClO4/c1-20-14-5-3-2-4-11(14)10-15(16(18)19)21-13-8-6-12(17)7-9-13/h2-9,15H,10H2,1H3,(H,18,19)/t15-/m0/s1. The molecule has 0 spiro atoms. The van der Waals surface area contributed by atoms with Crippen molar-refractivity contribution in [1.82, 2.24) is 0 Å². The predicted octanol–water partition coefficient (Wildman–Crippen LogP) is 3.42. The molecule has 4 nitrogen and oxygen atoms in total. The van der Waals surface area contributed by atoms with Crippen LogP contribution in [0.25, 0.3) is 0 Å². The average Bonchev–Trinajstić information content (AvgIpc) is 2.49. The molecule has 2 aromatic rings. The van der Waals surface area contributed by atoms with Gasteiger partial charge in [-0.3, -0.25) is 0 Å². The molecule has 1 atom stereocenters. The van der Waals surface area contributed by atoms with E-state index in [1.54, 1.807) is 37.4 Å². The number of rotatable bonds is 6. The molecule has 0 saturated carbocycles. The summed E-state index contributed by atoms with van der Waals surface area (Å²) in [5.41, 5.74) is 0.779. The third-order valence-electron chi connectivity index (χ3n) is 2.97. The fourth-order valence-electron chi connectivity index (χ4n) is 1.93. The van der Waals surface area contributed by atoms with Gasteiger partial charge < -0.3 is 14.6 Å². The van der Waals surface area contributed by atoms with Crippen molar-refractivity contribution in [1.29, 1.82) is 0 Å². The molecule has 0 unspecified atom stereocenters. The van der Waals surface area contributed by atoms with E-state index in [1.807, 2.05) is 18.2 Å². The number of ether oxygens (including phenoxy) is 2.